The van der Waals surface area contributed by atoms with E-state index in [0.717, 1.165) is 0 Å². The van der Waals surface area contributed by atoms with Crippen LogP contribution in [0.4, 0.5) is 5.69 Å². The molecule has 4 rings (SSSR count). The zero-order valence-electron chi connectivity index (χ0n) is 14.8. The summed E-state index contributed by atoms with van der Waals surface area (Å²) in [5.74, 6) is -0.236. The van der Waals surface area contributed by atoms with Crippen LogP contribution in [0.2, 0.25) is 15.1 Å². The van der Waals surface area contributed by atoms with Crippen molar-refractivity contribution in [1.29, 1.82) is 0 Å². The predicted molar refractivity (Wildman–Crippen MR) is 120 cm³/mol. The molecule has 0 bridgehead atoms. The second kappa shape index (κ2) is 7.91. The van der Waals surface area contributed by atoms with Gasteiger partial charge in [-0.3, -0.25) is 9.79 Å². The van der Waals surface area contributed by atoms with Crippen LogP contribution in [0.3, 0.4) is 0 Å². The van der Waals surface area contributed by atoms with Gasteiger partial charge in [-0.25, -0.2) is 4.57 Å². The predicted octanol–water partition coefficient (Wildman–Crippen LogP) is 6.41. The third-order valence-electron chi connectivity index (χ3n) is 4.42. The monoisotopic (exact) mass is 442 g/mol. The van der Waals surface area contributed by atoms with Gasteiger partial charge < -0.3 is 5.11 Å². The molecular weight excluding hydrogens is 431 g/mol. The zero-order chi connectivity index (χ0) is 20.5. The summed E-state index contributed by atoms with van der Waals surface area (Å²) in [4.78, 5) is 17.5. The minimum absolute atomic E-state index is 0.236. The van der Waals surface area contributed by atoms with Crippen molar-refractivity contribution >= 4 is 57.5 Å². The molecule has 0 amide bonds. The van der Waals surface area contributed by atoms with E-state index in [0.29, 0.717) is 42.8 Å². The summed E-state index contributed by atoms with van der Waals surface area (Å²) in [7, 11) is 0. The van der Waals surface area contributed by atoms with Crippen molar-refractivity contribution in [1.82, 2.24) is 4.57 Å². The number of nitrogens with zero attached hydrogens (tertiary/aromatic N) is 2. The standard InChI is InChI=1S/C22H13Cl3N2O2/c23-13-4-3-5-15(10-13)27-21(28)17-7-2-1-6-16(17)18(22(27)29)12-26-14-8-9-19(24)20(25)11-14/h1-12,29H. The van der Waals surface area contributed by atoms with Gasteiger partial charge in [-0.15, -0.1) is 0 Å². The van der Waals surface area contributed by atoms with E-state index in [1.165, 1.54) is 10.8 Å². The van der Waals surface area contributed by atoms with Crippen LogP contribution in [-0.2, 0) is 0 Å². The molecule has 4 nitrogen and oxygen atoms in total. The van der Waals surface area contributed by atoms with Crippen LogP contribution in [-0.4, -0.2) is 15.9 Å². The van der Waals surface area contributed by atoms with Crippen molar-refractivity contribution in [3.63, 3.8) is 0 Å². The molecule has 144 valence electrons. The topological polar surface area (TPSA) is 54.6 Å². The van der Waals surface area contributed by atoms with Crippen molar-refractivity contribution in [2.24, 2.45) is 4.99 Å². The lowest BCUT2D eigenvalue weighted by molar-refractivity contribution is 0.436. The zero-order valence-corrected chi connectivity index (χ0v) is 17.1. The molecule has 0 aliphatic heterocycles. The van der Waals surface area contributed by atoms with E-state index in [4.69, 9.17) is 34.8 Å². The highest BCUT2D eigenvalue weighted by molar-refractivity contribution is 6.42. The van der Waals surface area contributed by atoms with Gasteiger partial charge in [-0.1, -0.05) is 59.1 Å². The Balaban J connectivity index is 1.97. The van der Waals surface area contributed by atoms with Gasteiger partial charge in [0.05, 0.1) is 27.0 Å². The molecule has 0 spiro atoms. The molecule has 4 aromatic rings. The van der Waals surface area contributed by atoms with Crippen molar-refractivity contribution in [2.75, 3.05) is 0 Å². The molecule has 1 N–H and O–H groups in total. The highest BCUT2D eigenvalue weighted by Crippen LogP contribution is 2.29. The second-order valence-electron chi connectivity index (χ2n) is 6.26. The Morgan fingerprint density at radius 1 is 0.862 bits per heavy atom. The maximum absolute atomic E-state index is 13.1. The summed E-state index contributed by atoms with van der Waals surface area (Å²) < 4.78 is 1.21. The number of fused-ring (bicyclic) bond motifs is 1. The van der Waals surface area contributed by atoms with E-state index in [-0.39, 0.29) is 11.4 Å². The molecule has 7 heteroatoms. The molecule has 1 heterocycles. The van der Waals surface area contributed by atoms with Crippen molar-refractivity contribution in [3.8, 4) is 11.6 Å². The first-order chi connectivity index (χ1) is 14.0. The molecule has 0 unspecified atom stereocenters. The number of halogens is 3. The van der Waals surface area contributed by atoms with E-state index < -0.39 is 0 Å². The molecule has 3 aromatic carbocycles. The average Bonchev–Trinajstić information content (AvgIpc) is 2.71. The Labute approximate surface area is 181 Å². The highest BCUT2D eigenvalue weighted by atomic mass is 35.5. The van der Waals surface area contributed by atoms with Gasteiger partial charge in [0.2, 0.25) is 5.88 Å². The number of pyridine rings is 1. The van der Waals surface area contributed by atoms with Gasteiger partial charge in [-0.05, 0) is 42.5 Å². The Hall–Kier alpha value is -2.79. The molecule has 0 aliphatic carbocycles. The van der Waals surface area contributed by atoms with Crippen LogP contribution in [0, 0.1) is 0 Å². The summed E-state index contributed by atoms with van der Waals surface area (Å²) in [5, 5.41) is 13.2. The van der Waals surface area contributed by atoms with Gasteiger partial charge >= 0.3 is 0 Å². The highest BCUT2D eigenvalue weighted by Gasteiger charge is 2.16. The largest absolute Gasteiger partial charge is 0.494 e. The summed E-state index contributed by atoms with van der Waals surface area (Å²) in [6, 6.07) is 18.7. The fourth-order valence-electron chi connectivity index (χ4n) is 3.05. The van der Waals surface area contributed by atoms with Crippen LogP contribution < -0.4 is 5.56 Å². The number of rotatable bonds is 3. The lowest BCUT2D eigenvalue weighted by Crippen LogP contribution is -2.20. The fourth-order valence-corrected chi connectivity index (χ4v) is 3.53. The SMILES string of the molecule is O=c1c2ccccc2c(C=Nc2ccc(Cl)c(Cl)c2)c(O)n1-c1cccc(Cl)c1. The summed E-state index contributed by atoms with van der Waals surface area (Å²) in [6.07, 6.45) is 1.50. The summed E-state index contributed by atoms with van der Waals surface area (Å²) >= 11 is 18.1. The average molecular weight is 444 g/mol. The normalized spacial score (nSPS) is 11.4. The molecule has 0 radical (unpaired) electrons. The van der Waals surface area contributed by atoms with Gasteiger partial charge in [0.1, 0.15) is 0 Å². The number of hydrogen-bond donors (Lipinski definition) is 1. The Morgan fingerprint density at radius 2 is 1.62 bits per heavy atom. The van der Waals surface area contributed by atoms with Crippen LogP contribution in [0.15, 0.2) is 76.5 Å². The molecular formula is C22H13Cl3N2O2. The third-order valence-corrected chi connectivity index (χ3v) is 5.39. The quantitative estimate of drug-likeness (QED) is 0.372. The summed E-state index contributed by atoms with van der Waals surface area (Å²) in [6.45, 7) is 0. The molecule has 1 aromatic heterocycles. The van der Waals surface area contributed by atoms with E-state index >= 15 is 0 Å². The number of aliphatic imine (C=N–C) groups is 1. The van der Waals surface area contributed by atoms with Crippen LogP contribution in [0.1, 0.15) is 5.56 Å². The molecule has 0 aliphatic rings. The first kappa shape index (κ1) is 19.5. The maximum Gasteiger partial charge on any atom is 0.265 e. The second-order valence-corrected chi connectivity index (χ2v) is 7.51. The minimum atomic E-state index is -0.355. The van der Waals surface area contributed by atoms with Crippen LogP contribution in [0.25, 0.3) is 16.5 Å². The first-order valence-electron chi connectivity index (χ1n) is 8.57. The van der Waals surface area contributed by atoms with Gasteiger partial charge in [-0.2, -0.15) is 0 Å². The van der Waals surface area contributed by atoms with E-state index in [9.17, 15) is 9.90 Å². The molecule has 0 saturated heterocycles. The smallest absolute Gasteiger partial charge is 0.265 e. The Kier molecular flexibility index (Phi) is 5.33. The lowest BCUT2D eigenvalue weighted by atomic mass is 10.1. The van der Waals surface area contributed by atoms with E-state index in [1.807, 2.05) is 0 Å². The van der Waals surface area contributed by atoms with Crippen molar-refractivity contribution in [3.05, 3.63) is 97.7 Å². The van der Waals surface area contributed by atoms with E-state index in [1.54, 1.807) is 66.7 Å². The van der Waals surface area contributed by atoms with Crippen molar-refractivity contribution < 1.29 is 5.11 Å². The number of aromatic hydroxyl groups is 1. The molecule has 0 fully saturated rings. The lowest BCUT2D eigenvalue weighted by Gasteiger charge is -2.14. The number of benzene rings is 3. The van der Waals surface area contributed by atoms with E-state index in [2.05, 4.69) is 4.99 Å². The molecule has 29 heavy (non-hydrogen) atoms. The molecule has 0 atom stereocenters. The van der Waals surface area contributed by atoms with Gasteiger partial charge in [0.25, 0.3) is 5.56 Å². The number of aromatic nitrogens is 1. The van der Waals surface area contributed by atoms with Crippen LogP contribution in [0.5, 0.6) is 5.88 Å². The van der Waals surface area contributed by atoms with Crippen molar-refractivity contribution in [2.45, 2.75) is 0 Å². The Morgan fingerprint density at radius 3 is 2.34 bits per heavy atom. The van der Waals surface area contributed by atoms with Gasteiger partial charge in [0.15, 0.2) is 0 Å². The summed E-state index contributed by atoms with van der Waals surface area (Å²) in [5.41, 5.74) is 1.05. The first-order valence-corrected chi connectivity index (χ1v) is 9.71. The number of hydrogen-bond acceptors (Lipinski definition) is 3. The third kappa shape index (κ3) is 3.75. The fraction of sp³-hybridized carbons (Fsp3) is 0. The van der Waals surface area contributed by atoms with Crippen LogP contribution >= 0.6 is 34.8 Å². The molecule has 0 saturated carbocycles. The Bertz CT molecular complexity index is 1330. The maximum atomic E-state index is 13.1. The van der Waals surface area contributed by atoms with Gasteiger partial charge in [0, 0.05) is 22.0 Å². The minimum Gasteiger partial charge on any atom is -0.494 e.